The number of H-pyrrole nitrogens is 1. The van der Waals surface area contributed by atoms with Crippen LogP contribution in [0.3, 0.4) is 0 Å². The van der Waals surface area contributed by atoms with E-state index in [0.717, 1.165) is 22.3 Å². The summed E-state index contributed by atoms with van der Waals surface area (Å²) in [6, 6.07) is 26.7. The van der Waals surface area contributed by atoms with Gasteiger partial charge in [0.1, 0.15) is 0 Å². The summed E-state index contributed by atoms with van der Waals surface area (Å²) in [5.74, 6) is -0.504. The lowest BCUT2D eigenvalue weighted by Gasteiger charge is -2.33. The minimum Gasteiger partial charge on any atom is -0.494 e. The van der Waals surface area contributed by atoms with Crippen LogP contribution < -0.4 is 0 Å². The smallest absolute Gasteiger partial charge is 0.337 e. The molecule has 0 radical (unpaired) electrons. The molecule has 1 fully saturated rings. The molecule has 3 aromatic carbocycles. The predicted octanol–water partition coefficient (Wildman–Crippen LogP) is 4.70. The van der Waals surface area contributed by atoms with Crippen molar-refractivity contribution in [2.45, 2.75) is 6.54 Å². The van der Waals surface area contributed by atoms with E-state index < -0.39 is 16.0 Å². The molecule has 0 saturated carbocycles. The van der Waals surface area contributed by atoms with Gasteiger partial charge in [-0.15, -0.1) is 0 Å². The summed E-state index contributed by atoms with van der Waals surface area (Å²) in [7, 11) is -1.84. The zero-order chi connectivity index (χ0) is 30.8. The van der Waals surface area contributed by atoms with Crippen LogP contribution in [0.1, 0.15) is 27.2 Å². The summed E-state index contributed by atoms with van der Waals surface area (Å²) in [5.41, 5.74) is 5.71. The number of nitrogens with zero attached hydrogens (tertiary/aromatic N) is 4. The van der Waals surface area contributed by atoms with Crippen molar-refractivity contribution in [2.75, 3.05) is 39.5 Å². The van der Waals surface area contributed by atoms with Crippen LogP contribution in [-0.4, -0.2) is 83.5 Å². The maximum absolute atomic E-state index is 12.1. The Kier molecular flexibility index (Phi) is 8.09. The quantitative estimate of drug-likeness (QED) is 0.194. The number of sulfonamides is 1. The molecule has 10 nitrogen and oxygen atoms in total. The number of aromatic hydroxyl groups is 1. The molecule has 3 heterocycles. The molecule has 2 N–H and O–H groups in total. The third-order valence-electron chi connectivity index (χ3n) is 7.87. The van der Waals surface area contributed by atoms with Gasteiger partial charge in [0, 0.05) is 66.8 Å². The number of hydrogen-bond acceptors (Lipinski definition) is 7. The molecule has 0 unspecified atom stereocenters. The largest absolute Gasteiger partial charge is 0.494 e. The number of rotatable bonds is 8. The number of carbonyl (C=O) groups excluding carboxylic acids is 1. The SMILES string of the molecule is COC(=O)c1ccc2c(C(=Nc3ccc(-n4cccc4CN4CCN(S(C)(=O)=O)CC4)cc3)c3ccccc3)c(O)[nH]c2c1. The molecule has 2 aromatic heterocycles. The molecular formula is C33H33N5O5S. The molecule has 1 saturated heterocycles. The Morgan fingerprint density at radius 3 is 2.34 bits per heavy atom. The third-order valence-corrected chi connectivity index (χ3v) is 9.17. The van der Waals surface area contributed by atoms with Crippen LogP contribution in [0.2, 0.25) is 0 Å². The molecule has 11 heteroatoms. The molecule has 5 aromatic rings. The summed E-state index contributed by atoms with van der Waals surface area (Å²) in [6.07, 6.45) is 3.28. The molecule has 1 aliphatic heterocycles. The highest BCUT2D eigenvalue weighted by Gasteiger charge is 2.24. The number of piperazine rings is 1. The Morgan fingerprint density at radius 1 is 0.932 bits per heavy atom. The maximum Gasteiger partial charge on any atom is 0.337 e. The molecule has 226 valence electrons. The Morgan fingerprint density at radius 2 is 1.66 bits per heavy atom. The number of nitrogens with one attached hydrogen (secondary N) is 1. The number of methoxy groups -OCH3 is 1. The van der Waals surface area contributed by atoms with Crippen LogP contribution in [0.5, 0.6) is 5.88 Å². The van der Waals surface area contributed by atoms with Gasteiger partial charge in [-0.1, -0.05) is 36.4 Å². The van der Waals surface area contributed by atoms with E-state index in [9.17, 15) is 18.3 Å². The second-order valence-corrected chi connectivity index (χ2v) is 12.7. The van der Waals surface area contributed by atoms with Gasteiger partial charge in [0.2, 0.25) is 10.0 Å². The van der Waals surface area contributed by atoms with Gasteiger partial charge < -0.3 is 19.4 Å². The van der Waals surface area contributed by atoms with Gasteiger partial charge in [-0.25, -0.2) is 18.2 Å². The van der Waals surface area contributed by atoms with Gasteiger partial charge in [0.05, 0.1) is 35.9 Å². The molecule has 0 bridgehead atoms. The molecule has 0 atom stereocenters. The Hall–Kier alpha value is -4.71. The lowest BCUT2D eigenvalue weighted by Crippen LogP contribution is -2.47. The summed E-state index contributed by atoms with van der Waals surface area (Å²) in [5, 5.41) is 11.8. The molecule has 6 rings (SSSR count). The molecular weight excluding hydrogens is 578 g/mol. The van der Waals surface area contributed by atoms with E-state index in [1.54, 1.807) is 18.2 Å². The minimum absolute atomic E-state index is 0.0457. The van der Waals surface area contributed by atoms with E-state index in [4.69, 9.17) is 9.73 Å². The van der Waals surface area contributed by atoms with Crippen LogP contribution >= 0.6 is 0 Å². The van der Waals surface area contributed by atoms with Gasteiger partial charge in [-0.05, 0) is 48.5 Å². The number of aliphatic imine (C=N–C) groups is 1. The fourth-order valence-electron chi connectivity index (χ4n) is 5.59. The van der Waals surface area contributed by atoms with Gasteiger partial charge in [0.25, 0.3) is 0 Å². The first-order valence-corrected chi connectivity index (χ1v) is 16.1. The summed E-state index contributed by atoms with van der Waals surface area (Å²) < 4.78 is 32.3. The third kappa shape index (κ3) is 6.02. The first kappa shape index (κ1) is 29.4. The van der Waals surface area contributed by atoms with Crippen molar-refractivity contribution in [2.24, 2.45) is 4.99 Å². The Bertz CT molecular complexity index is 1940. The zero-order valence-electron chi connectivity index (χ0n) is 24.5. The van der Waals surface area contributed by atoms with Crippen LogP contribution in [0.15, 0.2) is 96.1 Å². The Labute approximate surface area is 255 Å². The van der Waals surface area contributed by atoms with Crippen molar-refractivity contribution < 1.29 is 23.1 Å². The average molecular weight is 612 g/mol. The van der Waals surface area contributed by atoms with Crippen LogP contribution in [0.25, 0.3) is 16.6 Å². The average Bonchev–Trinajstić information content (AvgIpc) is 3.62. The molecule has 0 aliphatic carbocycles. The number of hydrogen-bond donors (Lipinski definition) is 2. The molecule has 44 heavy (non-hydrogen) atoms. The predicted molar refractivity (Wildman–Crippen MR) is 171 cm³/mol. The number of fused-ring (bicyclic) bond motifs is 1. The number of ether oxygens (including phenoxy) is 1. The van der Waals surface area contributed by atoms with Crippen molar-refractivity contribution in [1.29, 1.82) is 0 Å². The van der Waals surface area contributed by atoms with Crippen molar-refractivity contribution in [3.63, 3.8) is 0 Å². The highest BCUT2D eigenvalue weighted by Crippen LogP contribution is 2.32. The fraction of sp³-hybridized carbons (Fsp3) is 0.212. The monoisotopic (exact) mass is 611 g/mol. The van der Waals surface area contributed by atoms with Gasteiger partial charge >= 0.3 is 5.97 Å². The second-order valence-electron chi connectivity index (χ2n) is 10.8. The number of aromatic amines is 1. The van der Waals surface area contributed by atoms with Gasteiger partial charge in [0.15, 0.2) is 5.88 Å². The van der Waals surface area contributed by atoms with Crippen molar-refractivity contribution >= 4 is 38.3 Å². The normalized spacial score (nSPS) is 15.1. The van der Waals surface area contributed by atoms with Crippen LogP contribution in [0, 0.1) is 0 Å². The van der Waals surface area contributed by atoms with E-state index in [-0.39, 0.29) is 5.88 Å². The van der Waals surface area contributed by atoms with Gasteiger partial charge in [-0.2, -0.15) is 4.31 Å². The summed E-state index contributed by atoms with van der Waals surface area (Å²) in [4.78, 5) is 22.3. The minimum atomic E-state index is -3.17. The molecule has 0 amide bonds. The standard InChI is InChI=1S/C33H33N5O5S/c1-43-33(40)24-10-15-28-29(21-24)35-32(39)30(28)31(23-7-4-3-5-8-23)34-25-11-13-26(14-12-25)38-16-6-9-27(38)22-36-17-19-37(20-18-36)44(2,41)42/h3-16,21,35,39H,17-20,22H2,1-2H3. The van der Waals surface area contributed by atoms with E-state index in [1.807, 2.05) is 66.9 Å². The highest BCUT2D eigenvalue weighted by atomic mass is 32.2. The lowest BCUT2D eigenvalue weighted by molar-refractivity contribution is 0.0601. The number of esters is 1. The van der Waals surface area contributed by atoms with Crippen molar-refractivity contribution in [1.82, 2.24) is 18.8 Å². The molecule has 1 aliphatic rings. The van der Waals surface area contributed by atoms with Crippen LogP contribution in [0.4, 0.5) is 5.69 Å². The summed E-state index contributed by atoms with van der Waals surface area (Å²) in [6.45, 7) is 3.06. The highest BCUT2D eigenvalue weighted by molar-refractivity contribution is 7.88. The topological polar surface area (TPSA) is 120 Å². The van der Waals surface area contributed by atoms with Crippen LogP contribution in [-0.2, 0) is 21.3 Å². The molecule has 0 spiro atoms. The second kappa shape index (κ2) is 12.1. The number of aromatic nitrogens is 2. The Balaban J connectivity index is 1.29. The first-order valence-electron chi connectivity index (χ1n) is 14.2. The van der Waals surface area contributed by atoms with E-state index in [0.29, 0.717) is 60.8 Å². The maximum atomic E-state index is 12.1. The van der Waals surface area contributed by atoms with E-state index >= 15 is 0 Å². The number of carbonyl (C=O) groups is 1. The van der Waals surface area contributed by atoms with E-state index in [1.165, 1.54) is 17.7 Å². The van der Waals surface area contributed by atoms with Crippen molar-refractivity contribution in [3.05, 3.63) is 114 Å². The summed E-state index contributed by atoms with van der Waals surface area (Å²) >= 11 is 0. The van der Waals surface area contributed by atoms with E-state index in [2.05, 4.69) is 20.5 Å². The number of benzene rings is 3. The zero-order valence-corrected chi connectivity index (χ0v) is 25.3. The lowest BCUT2D eigenvalue weighted by atomic mass is 10.00. The fourth-order valence-corrected chi connectivity index (χ4v) is 6.42. The first-order chi connectivity index (χ1) is 21.2. The van der Waals surface area contributed by atoms with Gasteiger partial charge in [-0.3, -0.25) is 4.90 Å². The van der Waals surface area contributed by atoms with Crippen molar-refractivity contribution in [3.8, 4) is 11.6 Å².